The summed E-state index contributed by atoms with van der Waals surface area (Å²) in [5, 5.41) is 9.59. The topological polar surface area (TPSA) is 46.5 Å². The molecule has 1 aliphatic heterocycles. The van der Waals surface area contributed by atoms with Gasteiger partial charge in [-0.25, -0.2) is 0 Å². The van der Waals surface area contributed by atoms with Gasteiger partial charge in [-0.2, -0.15) is 13.2 Å². The lowest BCUT2D eigenvalue weighted by Gasteiger charge is -2.24. The van der Waals surface area contributed by atoms with Crippen molar-refractivity contribution in [2.45, 2.75) is 12.0 Å². The van der Waals surface area contributed by atoms with Crippen molar-refractivity contribution in [2.24, 2.45) is 0 Å². The molecule has 1 N–H and O–H groups in total. The minimum absolute atomic E-state index is 0.216. The van der Waals surface area contributed by atoms with Crippen molar-refractivity contribution in [2.75, 3.05) is 0 Å². The number of ether oxygens (including phenoxy) is 1. The minimum Gasteiger partial charge on any atom is -0.447 e. The second-order valence-electron chi connectivity index (χ2n) is 3.62. The van der Waals surface area contributed by atoms with Crippen LogP contribution in [0, 0.1) is 0 Å². The fourth-order valence-electron chi connectivity index (χ4n) is 1.41. The minimum atomic E-state index is -5.20. The van der Waals surface area contributed by atoms with Crippen molar-refractivity contribution in [1.29, 1.82) is 0 Å². The molecule has 1 atom stereocenters. The number of aliphatic hydroxyl groups is 1. The monoisotopic (exact) mass is 278 g/mol. The first-order valence-corrected chi connectivity index (χ1v) is 5.12. The number of hydrogen-bond donors (Lipinski definition) is 1. The van der Waals surface area contributed by atoms with E-state index in [1.165, 1.54) is 24.3 Å². The van der Waals surface area contributed by atoms with Crippen LogP contribution in [0.3, 0.4) is 0 Å². The summed E-state index contributed by atoms with van der Waals surface area (Å²) in [5.41, 5.74) is 0.216. The van der Waals surface area contributed by atoms with E-state index in [1.807, 2.05) is 0 Å². The molecule has 0 bridgehead atoms. The zero-order valence-corrected chi connectivity index (χ0v) is 9.42. The van der Waals surface area contributed by atoms with E-state index in [0.717, 1.165) is 0 Å². The van der Waals surface area contributed by atoms with Crippen LogP contribution in [0.4, 0.5) is 13.2 Å². The Kier molecular flexibility index (Phi) is 2.87. The largest absolute Gasteiger partial charge is 0.464 e. The molecule has 1 unspecified atom stereocenters. The van der Waals surface area contributed by atoms with E-state index >= 15 is 0 Å². The summed E-state index contributed by atoms with van der Waals surface area (Å²) in [7, 11) is 0. The molecule has 0 aliphatic carbocycles. The van der Waals surface area contributed by atoms with Gasteiger partial charge < -0.3 is 9.84 Å². The molecule has 1 aliphatic rings. The number of halogens is 4. The van der Waals surface area contributed by atoms with Crippen LogP contribution in [-0.2, 0) is 9.53 Å². The van der Waals surface area contributed by atoms with Crippen molar-refractivity contribution in [1.82, 2.24) is 0 Å². The van der Waals surface area contributed by atoms with E-state index in [1.54, 1.807) is 0 Å². The zero-order chi connectivity index (χ0) is 13.6. The number of carbonyl (C=O) groups excluding carboxylic acids is 1. The lowest BCUT2D eigenvalue weighted by Crippen LogP contribution is -2.50. The van der Waals surface area contributed by atoms with Gasteiger partial charge in [-0.05, 0) is 24.3 Å². The van der Waals surface area contributed by atoms with Gasteiger partial charge in [0.2, 0.25) is 5.78 Å². The second kappa shape index (κ2) is 4.00. The molecule has 3 nitrogen and oxygen atoms in total. The van der Waals surface area contributed by atoms with Gasteiger partial charge in [0.25, 0.3) is 0 Å². The molecule has 2 rings (SSSR count). The van der Waals surface area contributed by atoms with Crippen LogP contribution >= 0.6 is 11.6 Å². The van der Waals surface area contributed by atoms with Gasteiger partial charge in [0, 0.05) is 16.7 Å². The lowest BCUT2D eigenvalue weighted by atomic mass is 10.1. The summed E-state index contributed by atoms with van der Waals surface area (Å²) in [6, 6.07) is 5.61. The molecule has 0 saturated heterocycles. The summed E-state index contributed by atoms with van der Waals surface area (Å²) in [6.07, 6.45) is -4.59. The summed E-state index contributed by atoms with van der Waals surface area (Å²) in [4.78, 5) is 11.2. The van der Waals surface area contributed by atoms with Crippen LogP contribution in [0.2, 0.25) is 5.02 Å². The highest BCUT2D eigenvalue weighted by Gasteiger charge is 2.64. The highest BCUT2D eigenvalue weighted by atomic mass is 35.5. The molecule has 0 saturated carbocycles. The molecule has 1 aromatic carbocycles. The Labute approximate surface area is 104 Å². The SMILES string of the molecule is O=C1C=C(c2ccc(Cl)cc2)OC1(O)C(F)(F)F. The fraction of sp³-hybridized carbons (Fsp3) is 0.182. The van der Waals surface area contributed by atoms with Crippen molar-refractivity contribution >= 4 is 23.1 Å². The third-order valence-corrected chi connectivity index (χ3v) is 2.62. The Bertz CT molecular complexity index is 521. The van der Waals surface area contributed by atoms with Crippen molar-refractivity contribution in [3.63, 3.8) is 0 Å². The fourth-order valence-corrected chi connectivity index (χ4v) is 1.54. The van der Waals surface area contributed by atoms with E-state index in [-0.39, 0.29) is 11.3 Å². The molecule has 0 radical (unpaired) electrons. The van der Waals surface area contributed by atoms with E-state index in [4.69, 9.17) is 11.6 Å². The molecule has 18 heavy (non-hydrogen) atoms. The molecule has 0 spiro atoms. The molecule has 1 heterocycles. The van der Waals surface area contributed by atoms with Crippen LogP contribution < -0.4 is 0 Å². The number of benzene rings is 1. The summed E-state index contributed by atoms with van der Waals surface area (Å²) >= 11 is 5.62. The number of ketones is 1. The first kappa shape index (κ1) is 12.9. The van der Waals surface area contributed by atoms with Gasteiger partial charge >= 0.3 is 12.0 Å². The van der Waals surface area contributed by atoms with Crippen LogP contribution in [0.25, 0.3) is 5.76 Å². The molecule has 1 aromatic rings. The molecular formula is C11H6ClF3O3. The van der Waals surface area contributed by atoms with Gasteiger partial charge in [-0.15, -0.1) is 0 Å². The number of carbonyl (C=O) groups is 1. The number of hydrogen-bond acceptors (Lipinski definition) is 3. The smallest absolute Gasteiger partial charge is 0.447 e. The number of rotatable bonds is 1. The Morgan fingerprint density at radius 1 is 1.22 bits per heavy atom. The predicted molar refractivity (Wildman–Crippen MR) is 56.5 cm³/mol. The Morgan fingerprint density at radius 2 is 1.78 bits per heavy atom. The van der Waals surface area contributed by atoms with Gasteiger partial charge in [-0.1, -0.05) is 11.6 Å². The second-order valence-corrected chi connectivity index (χ2v) is 4.06. The maximum absolute atomic E-state index is 12.5. The van der Waals surface area contributed by atoms with Crippen molar-refractivity contribution in [3.05, 3.63) is 40.9 Å². The maximum Gasteiger partial charge on any atom is 0.464 e. The van der Waals surface area contributed by atoms with E-state index < -0.39 is 17.7 Å². The molecule has 0 fully saturated rings. The van der Waals surface area contributed by atoms with E-state index in [2.05, 4.69) is 4.74 Å². The van der Waals surface area contributed by atoms with Gasteiger partial charge in [0.15, 0.2) is 0 Å². The van der Waals surface area contributed by atoms with Crippen LogP contribution in [-0.4, -0.2) is 22.9 Å². The van der Waals surface area contributed by atoms with Gasteiger partial charge in [0.05, 0.1) is 0 Å². The Hall–Kier alpha value is -1.53. The van der Waals surface area contributed by atoms with Crippen molar-refractivity contribution < 1.29 is 27.8 Å². The summed E-state index contributed by atoms with van der Waals surface area (Å²) in [5.74, 6) is -5.71. The van der Waals surface area contributed by atoms with Crippen LogP contribution in [0.5, 0.6) is 0 Å². The molecular weight excluding hydrogens is 273 g/mol. The highest BCUT2D eigenvalue weighted by molar-refractivity contribution is 6.30. The van der Waals surface area contributed by atoms with E-state index in [9.17, 15) is 23.1 Å². The van der Waals surface area contributed by atoms with Gasteiger partial charge in [-0.3, -0.25) is 4.79 Å². The van der Waals surface area contributed by atoms with Crippen molar-refractivity contribution in [3.8, 4) is 0 Å². The molecule has 0 aromatic heterocycles. The first-order valence-electron chi connectivity index (χ1n) is 4.74. The molecule has 96 valence electrons. The summed E-state index contributed by atoms with van der Waals surface area (Å²) in [6.45, 7) is 0. The van der Waals surface area contributed by atoms with Crippen LogP contribution in [0.1, 0.15) is 5.56 Å². The number of alkyl halides is 3. The summed E-state index contributed by atoms with van der Waals surface area (Å²) < 4.78 is 41.8. The lowest BCUT2D eigenvalue weighted by molar-refractivity contribution is -0.318. The average molecular weight is 279 g/mol. The van der Waals surface area contributed by atoms with Crippen LogP contribution in [0.15, 0.2) is 30.3 Å². The third kappa shape index (κ3) is 1.97. The standard InChI is InChI=1S/C11H6ClF3O3/c12-7-3-1-6(2-4-7)8-5-9(16)10(17,18-8)11(13,14)15/h1-5,17H. The Morgan fingerprint density at radius 3 is 2.22 bits per heavy atom. The maximum atomic E-state index is 12.5. The first-order chi connectivity index (χ1) is 8.24. The van der Waals surface area contributed by atoms with Gasteiger partial charge in [0.1, 0.15) is 5.76 Å². The molecule has 7 heteroatoms. The predicted octanol–water partition coefficient (Wildman–Crippen LogP) is 2.53. The Balaban J connectivity index is 2.33. The normalized spacial score (nSPS) is 23.8. The average Bonchev–Trinajstić information content (AvgIpc) is 2.57. The third-order valence-electron chi connectivity index (χ3n) is 2.37. The highest BCUT2D eigenvalue weighted by Crippen LogP contribution is 2.40. The molecule has 0 amide bonds. The zero-order valence-electron chi connectivity index (χ0n) is 8.66. The van der Waals surface area contributed by atoms with E-state index in [0.29, 0.717) is 11.1 Å². The quantitative estimate of drug-likeness (QED) is 0.859.